The van der Waals surface area contributed by atoms with Gasteiger partial charge in [0, 0.05) is 30.8 Å². The minimum absolute atomic E-state index is 0.0553. The highest BCUT2D eigenvalue weighted by Gasteiger charge is 2.18. The Labute approximate surface area is 214 Å². The van der Waals surface area contributed by atoms with E-state index in [4.69, 9.17) is 0 Å². The standard InChI is InChI=1S/C31H35N3O2/c1-3-34(4-2)31(36)26-15-13-24(14-16-26)29(25-17-19-32-20-18-25)27-11-8-12-28(21-27)30(35)33-22-23-9-6-5-7-10-23/h5-16,21,32H,3-4,17-20,22H2,1-2H3,(H,33,35). The Morgan fingerprint density at radius 3 is 2.08 bits per heavy atom. The summed E-state index contributed by atoms with van der Waals surface area (Å²) in [5.74, 6) is -0.0322. The van der Waals surface area contributed by atoms with E-state index in [0.717, 1.165) is 48.2 Å². The lowest BCUT2D eigenvalue weighted by Gasteiger charge is -2.22. The van der Waals surface area contributed by atoms with Crippen LogP contribution >= 0.6 is 0 Å². The van der Waals surface area contributed by atoms with E-state index < -0.39 is 0 Å². The van der Waals surface area contributed by atoms with E-state index in [1.807, 2.05) is 91.5 Å². The summed E-state index contributed by atoms with van der Waals surface area (Å²) < 4.78 is 0. The quantitative estimate of drug-likeness (QED) is 0.460. The van der Waals surface area contributed by atoms with Crippen LogP contribution in [-0.2, 0) is 6.54 Å². The maximum absolute atomic E-state index is 13.0. The number of nitrogens with one attached hydrogen (secondary N) is 2. The van der Waals surface area contributed by atoms with Gasteiger partial charge in [0.25, 0.3) is 11.8 Å². The van der Waals surface area contributed by atoms with Crippen LogP contribution in [0.5, 0.6) is 0 Å². The molecule has 0 atom stereocenters. The fourth-order valence-corrected chi connectivity index (χ4v) is 4.72. The third kappa shape index (κ3) is 6.10. The van der Waals surface area contributed by atoms with E-state index in [1.165, 1.54) is 5.57 Å². The van der Waals surface area contributed by atoms with E-state index in [1.54, 1.807) is 0 Å². The lowest BCUT2D eigenvalue weighted by molar-refractivity contribution is 0.0772. The molecular weight excluding hydrogens is 446 g/mol. The van der Waals surface area contributed by atoms with Crippen molar-refractivity contribution in [3.63, 3.8) is 0 Å². The molecular formula is C31H35N3O2. The molecule has 0 saturated carbocycles. The van der Waals surface area contributed by atoms with E-state index in [9.17, 15) is 9.59 Å². The molecule has 5 nitrogen and oxygen atoms in total. The average molecular weight is 482 g/mol. The Morgan fingerprint density at radius 1 is 0.778 bits per heavy atom. The Hall–Kier alpha value is -3.70. The SMILES string of the molecule is CCN(CC)C(=O)c1ccc(C(=C2CCNCC2)c2cccc(C(=O)NCc3ccccc3)c2)cc1. The normalized spacial score (nSPS) is 13.2. The second-order valence-corrected chi connectivity index (χ2v) is 9.03. The molecule has 3 aromatic carbocycles. The van der Waals surface area contributed by atoms with Crippen molar-refractivity contribution in [2.75, 3.05) is 26.2 Å². The van der Waals surface area contributed by atoms with Crippen LogP contribution in [0.3, 0.4) is 0 Å². The van der Waals surface area contributed by atoms with E-state index >= 15 is 0 Å². The van der Waals surface area contributed by atoms with Gasteiger partial charge in [0.1, 0.15) is 0 Å². The van der Waals surface area contributed by atoms with Crippen LogP contribution in [0.1, 0.15) is 64.1 Å². The van der Waals surface area contributed by atoms with Gasteiger partial charge in [-0.05, 0) is 86.3 Å². The van der Waals surface area contributed by atoms with Gasteiger partial charge in [-0.1, -0.05) is 60.2 Å². The maximum Gasteiger partial charge on any atom is 0.253 e. The summed E-state index contributed by atoms with van der Waals surface area (Å²) in [6.07, 6.45) is 1.92. The average Bonchev–Trinajstić information content (AvgIpc) is 2.94. The predicted octanol–water partition coefficient (Wildman–Crippen LogP) is 5.28. The summed E-state index contributed by atoms with van der Waals surface area (Å²) >= 11 is 0. The summed E-state index contributed by atoms with van der Waals surface area (Å²) in [4.78, 5) is 27.6. The second-order valence-electron chi connectivity index (χ2n) is 9.03. The molecule has 36 heavy (non-hydrogen) atoms. The van der Waals surface area contributed by atoms with Gasteiger partial charge < -0.3 is 15.5 Å². The van der Waals surface area contributed by atoms with Gasteiger partial charge in [0.05, 0.1) is 0 Å². The maximum atomic E-state index is 13.0. The minimum atomic E-state index is -0.0875. The van der Waals surface area contributed by atoms with Crippen LogP contribution < -0.4 is 10.6 Å². The first-order valence-corrected chi connectivity index (χ1v) is 12.9. The van der Waals surface area contributed by atoms with Crippen LogP contribution in [-0.4, -0.2) is 42.9 Å². The second kappa shape index (κ2) is 12.3. The zero-order valence-corrected chi connectivity index (χ0v) is 21.2. The first-order valence-electron chi connectivity index (χ1n) is 12.9. The van der Waals surface area contributed by atoms with Crippen molar-refractivity contribution in [3.8, 4) is 0 Å². The predicted molar refractivity (Wildman–Crippen MR) is 146 cm³/mol. The van der Waals surface area contributed by atoms with Crippen LogP contribution in [0, 0.1) is 0 Å². The molecule has 4 rings (SSSR count). The molecule has 0 aromatic heterocycles. The molecule has 1 fully saturated rings. The Bertz CT molecular complexity index is 1200. The van der Waals surface area contributed by atoms with Gasteiger partial charge in [0.2, 0.25) is 0 Å². The number of hydrogen-bond acceptors (Lipinski definition) is 3. The van der Waals surface area contributed by atoms with Gasteiger partial charge in [-0.3, -0.25) is 9.59 Å². The molecule has 0 spiro atoms. The summed E-state index contributed by atoms with van der Waals surface area (Å²) in [5, 5.41) is 6.47. The van der Waals surface area contributed by atoms with Crippen molar-refractivity contribution in [1.82, 2.24) is 15.5 Å². The van der Waals surface area contributed by atoms with Crippen molar-refractivity contribution in [1.29, 1.82) is 0 Å². The molecule has 0 aliphatic carbocycles. The number of piperidine rings is 1. The molecule has 1 aliphatic heterocycles. The van der Waals surface area contributed by atoms with Crippen LogP contribution in [0.15, 0.2) is 84.4 Å². The fourth-order valence-electron chi connectivity index (χ4n) is 4.72. The molecule has 2 amide bonds. The van der Waals surface area contributed by atoms with Crippen molar-refractivity contribution >= 4 is 17.4 Å². The highest BCUT2D eigenvalue weighted by molar-refractivity contribution is 5.97. The summed E-state index contributed by atoms with van der Waals surface area (Å²) in [6, 6.07) is 25.7. The number of nitrogens with zero attached hydrogens (tertiary/aromatic N) is 1. The van der Waals surface area contributed by atoms with Crippen molar-refractivity contribution in [2.24, 2.45) is 0 Å². The van der Waals surface area contributed by atoms with E-state index in [2.05, 4.69) is 16.7 Å². The number of hydrogen-bond donors (Lipinski definition) is 2. The number of carbonyl (C=O) groups excluding carboxylic acids is 2. The van der Waals surface area contributed by atoms with E-state index in [0.29, 0.717) is 30.8 Å². The van der Waals surface area contributed by atoms with Crippen LogP contribution in [0.25, 0.3) is 5.57 Å². The number of carbonyl (C=O) groups is 2. The third-order valence-electron chi connectivity index (χ3n) is 6.74. The molecule has 0 bridgehead atoms. The van der Waals surface area contributed by atoms with Crippen molar-refractivity contribution in [2.45, 2.75) is 33.2 Å². The Kier molecular flexibility index (Phi) is 8.69. The smallest absolute Gasteiger partial charge is 0.253 e. The van der Waals surface area contributed by atoms with Gasteiger partial charge >= 0.3 is 0 Å². The zero-order chi connectivity index (χ0) is 25.3. The number of amides is 2. The van der Waals surface area contributed by atoms with Gasteiger partial charge in [-0.15, -0.1) is 0 Å². The third-order valence-corrected chi connectivity index (χ3v) is 6.74. The molecule has 0 unspecified atom stereocenters. The fraction of sp³-hybridized carbons (Fsp3) is 0.290. The monoisotopic (exact) mass is 481 g/mol. The van der Waals surface area contributed by atoms with E-state index in [-0.39, 0.29) is 11.8 Å². The number of rotatable bonds is 8. The summed E-state index contributed by atoms with van der Waals surface area (Å²) in [7, 11) is 0. The number of benzene rings is 3. The van der Waals surface area contributed by atoms with Crippen molar-refractivity contribution < 1.29 is 9.59 Å². The Morgan fingerprint density at radius 2 is 1.42 bits per heavy atom. The largest absolute Gasteiger partial charge is 0.348 e. The Balaban J connectivity index is 1.63. The van der Waals surface area contributed by atoms with Crippen LogP contribution in [0.4, 0.5) is 0 Å². The van der Waals surface area contributed by atoms with Gasteiger partial charge in [-0.25, -0.2) is 0 Å². The molecule has 5 heteroatoms. The molecule has 1 saturated heterocycles. The molecule has 2 N–H and O–H groups in total. The minimum Gasteiger partial charge on any atom is -0.348 e. The van der Waals surface area contributed by atoms with Crippen LogP contribution in [0.2, 0.25) is 0 Å². The molecule has 3 aromatic rings. The summed E-state index contributed by atoms with van der Waals surface area (Å²) in [6.45, 7) is 7.75. The lowest BCUT2D eigenvalue weighted by atomic mass is 9.87. The molecule has 1 heterocycles. The molecule has 1 aliphatic rings. The first-order chi connectivity index (χ1) is 17.6. The van der Waals surface area contributed by atoms with Crippen molar-refractivity contribution in [3.05, 3.63) is 112 Å². The lowest BCUT2D eigenvalue weighted by Crippen LogP contribution is -2.30. The summed E-state index contributed by atoms with van der Waals surface area (Å²) in [5.41, 5.74) is 7.05. The zero-order valence-electron chi connectivity index (χ0n) is 21.2. The highest BCUT2D eigenvalue weighted by Crippen LogP contribution is 2.32. The molecule has 186 valence electrons. The first kappa shape index (κ1) is 25.4. The highest BCUT2D eigenvalue weighted by atomic mass is 16.2. The van der Waals surface area contributed by atoms with Gasteiger partial charge in [0.15, 0.2) is 0 Å². The topological polar surface area (TPSA) is 61.4 Å². The van der Waals surface area contributed by atoms with Gasteiger partial charge in [-0.2, -0.15) is 0 Å². The molecule has 0 radical (unpaired) electrons.